The van der Waals surface area contributed by atoms with Crippen molar-refractivity contribution in [1.29, 1.82) is 0 Å². The van der Waals surface area contributed by atoms with Crippen LogP contribution in [0.2, 0.25) is 0 Å². The van der Waals surface area contributed by atoms with Crippen molar-refractivity contribution in [2.24, 2.45) is 0 Å². The lowest BCUT2D eigenvalue weighted by atomic mass is 10.2. The lowest BCUT2D eigenvalue weighted by Gasteiger charge is -2.17. The molecule has 0 aliphatic carbocycles. The molecule has 1 aromatic carbocycles. The molecule has 0 aliphatic rings. The Labute approximate surface area is 109 Å². The molecule has 0 unspecified atom stereocenters. The Morgan fingerprint density at radius 1 is 1.22 bits per heavy atom. The first-order valence-corrected chi connectivity index (χ1v) is 6.31. The van der Waals surface area contributed by atoms with Gasteiger partial charge in [-0.1, -0.05) is 26.0 Å². The highest BCUT2D eigenvalue weighted by Crippen LogP contribution is 2.10. The number of amides is 1. The van der Waals surface area contributed by atoms with Crippen LogP contribution < -0.4 is 10.1 Å². The molecule has 0 aromatic heterocycles. The van der Waals surface area contributed by atoms with Crippen LogP contribution in [0.5, 0.6) is 5.75 Å². The molecule has 4 heteroatoms. The molecule has 100 valence electrons. The first-order chi connectivity index (χ1) is 8.69. The number of carbonyl (C=O) groups is 1. The van der Waals surface area contributed by atoms with Crippen molar-refractivity contribution in [2.45, 2.75) is 20.4 Å². The second-order valence-corrected chi connectivity index (χ2v) is 4.09. The van der Waals surface area contributed by atoms with E-state index in [4.69, 9.17) is 4.74 Å². The zero-order chi connectivity index (χ0) is 13.4. The lowest BCUT2D eigenvalue weighted by Crippen LogP contribution is -2.36. The summed E-state index contributed by atoms with van der Waals surface area (Å²) in [5.74, 6) is 0.891. The SMILES string of the molecule is CCN(CC)CC(=O)NCc1ccc(OC)cc1. The summed E-state index contributed by atoms with van der Waals surface area (Å²) in [5.41, 5.74) is 1.07. The molecule has 1 amide bonds. The van der Waals surface area contributed by atoms with E-state index >= 15 is 0 Å². The Hall–Kier alpha value is -1.55. The van der Waals surface area contributed by atoms with E-state index in [9.17, 15) is 4.79 Å². The number of methoxy groups -OCH3 is 1. The van der Waals surface area contributed by atoms with E-state index in [-0.39, 0.29) is 5.91 Å². The number of hydrogen-bond donors (Lipinski definition) is 1. The first kappa shape index (κ1) is 14.5. The van der Waals surface area contributed by atoms with Gasteiger partial charge in [0.05, 0.1) is 13.7 Å². The number of rotatable bonds is 7. The lowest BCUT2D eigenvalue weighted by molar-refractivity contribution is -0.122. The smallest absolute Gasteiger partial charge is 0.234 e. The van der Waals surface area contributed by atoms with Gasteiger partial charge in [-0.15, -0.1) is 0 Å². The number of nitrogens with one attached hydrogen (secondary N) is 1. The molecule has 0 aliphatic heterocycles. The van der Waals surface area contributed by atoms with Crippen LogP contribution in [-0.4, -0.2) is 37.6 Å². The number of likely N-dealkylation sites (N-methyl/N-ethyl adjacent to an activating group) is 1. The van der Waals surface area contributed by atoms with Crippen LogP contribution in [-0.2, 0) is 11.3 Å². The molecule has 0 atom stereocenters. The monoisotopic (exact) mass is 250 g/mol. The summed E-state index contributed by atoms with van der Waals surface area (Å²) in [6.45, 7) is 6.92. The van der Waals surface area contributed by atoms with Gasteiger partial charge in [-0.05, 0) is 30.8 Å². The third kappa shape index (κ3) is 4.75. The molecule has 0 fully saturated rings. The van der Waals surface area contributed by atoms with E-state index in [0.29, 0.717) is 13.1 Å². The fourth-order valence-corrected chi connectivity index (χ4v) is 1.65. The van der Waals surface area contributed by atoms with E-state index in [2.05, 4.69) is 24.1 Å². The van der Waals surface area contributed by atoms with Gasteiger partial charge in [-0.3, -0.25) is 9.69 Å². The third-order valence-electron chi connectivity index (χ3n) is 2.91. The van der Waals surface area contributed by atoms with Gasteiger partial charge in [-0.25, -0.2) is 0 Å². The van der Waals surface area contributed by atoms with Crippen molar-refractivity contribution >= 4 is 5.91 Å². The number of hydrogen-bond acceptors (Lipinski definition) is 3. The van der Waals surface area contributed by atoms with E-state index in [1.807, 2.05) is 24.3 Å². The number of ether oxygens (including phenoxy) is 1. The Morgan fingerprint density at radius 3 is 2.33 bits per heavy atom. The Balaban J connectivity index is 2.37. The van der Waals surface area contributed by atoms with Crippen molar-refractivity contribution in [3.8, 4) is 5.75 Å². The van der Waals surface area contributed by atoms with Crippen LogP contribution in [0.15, 0.2) is 24.3 Å². The molecule has 1 aromatic rings. The van der Waals surface area contributed by atoms with Crippen molar-refractivity contribution in [3.05, 3.63) is 29.8 Å². The number of carbonyl (C=O) groups excluding carboxylic acids is 1. The molecule has 0 saturated carbocycles. The maximum absolute atomic E-state index is 11.7. The highest BCUT2D eigenvalue weighted by molar-refractivity contribution is 5.77. The average Bonchev–Trinajstić information content (AvgIpc) is 2.43. The molecule has 18 heavy (non-hydrogen) atoms. The summed E-state index contributed by atoms with van der Waals surface area (Å²) in [6.07, 6.45) is 0. The van der Waals surface area contributed by atoms with E-state index < -0.39 is 0 Å². The summed E-state index contributed by atoms with van der Waals surface area (Å²) < 4.78 is 5.08. The van der Waals surface area contributed by atoms with Gasteiger partial charge in [0, 0.05) is 6.54 Å². The number of nitrogens with zero attached hydrogens (tertiary/aromatic N) is 1. The van der Waals surface area contributed by atoms with E-state index in [0.717, 1.165) is 24.4 Å². The Morgan fingerprint density at radius 2 is 1.83 bits per heavy atom. The van der Waals surface area contributed by atoms with Gasteiger partial charge in [0.2, 0.25) is 5.91 Å². The fourth-order valence-electron chi connectivity index (χ4n) is 1.65. The third-order valence-corrected chi connectivity index (χ3v) is 2.91. The highest BCUT2D eigenvalue weighted by Gasteiger charge is 2.06. The molecule has 0 saturated heterocycles. The van der Waals surface area contributed by atoms with Crippen LogP contribution in [0.4, 0.5) is 0 Å². The quantitative estimate of drug-likeness (QED) is 0.800. The molecule has 0 heterocycles. The van der Waals surface area contributed by atoms with Crippen molar-refractivity contribution < 1.29 is 9.53 Å². The van der Waals surface area contributed by atoms with Gasteiger partial charge in [0.15, 0.2) is 0 Å². The van der Waals surface area contributed by atoms with Gasteiger partial charge >= 0.3 is 0 Å². The summed E-state index contributed by atoms with van der Waals surface area (Å²) in [4.78, 5) is 13.8. The maximum Gasteiger partial charge on any atom is 0.234 e. The summed E-state index contributed by atoms with van der Waals surface area (Å²) in [5, 5.41) is 2.91. The summed E-state index contributed by atoms with van der Waals surface area (Å²) in [7, 11) is 1.64. The minimum Gasteiger partial charge on any atom is -0.497 e. The van der Waals surface area contributed by atoms with Crippen LogP contribution >= 0.6 is 0 Å². The second-order valence-electron chi connectivity index (χ2n) is 4.09. The largest absolute Gasteiger partial charge is 0.497 e. The van der Waals surface area contributed by atoms with Gasteiger partial charge in [0.1, 0.15) is 5.75 Å². The Kier molecular flexibility index (Phi) is 6.22. The van der Waals surface area contributed by atoms with Gasteiger partial charge in [0.25, 0.3) is 0 Å². The predicted octanol–water partition coefficient (Wildman–Crippen LogP) is 1.65. The maximum atomic E-state index is 11.7. The summed E-state index contributed by atoms with van der Waals surface area (Å²) in [6, 6.07) is 7.70. The van der Waals surface area contributed by atoms with Crippen molar-refractivity contribution in [1.82, 2.24) is 10.2 Å². The standard InChI is InChI=1S/C14H22N2O2/c1-4-16(5-2)11-14(17)15-10-12-6-8-13(18-3)9-7-12/h6-9H,4-5,10-11H2,1-3H3,(H,15,17). The van der Waals surface area contributed by atoms with E-state index in [1.165, 1.54) is 0 Å². The number of benzene rings is 1. The van der Waals surface area contributed by atoms with Crippen molar-refractivity contribution in [2.75, 3.05) is 26.7 Å². The van der Waals surface area contributed by atoms with Crippen LogP contribution in [0, 0.1) is 0 Å². The second kappa shape index (κ2) is 7.71. The van der Waals surface area contributed by atoms with Crippen molar-refractivity contribution in [3.63, 3.8) is 0 Å². The average molecular weight is 250 g/mol. The van der Waals surface area contributed by atoms with E-state index in [1.54, 1.807) is 7.11 Å². The highest BCUT2D eigenvalue weighted by atomic mass is 16.5. The molecule has 4 nitrogen and oxygen atoms in total. The molecular weight excluding hydrogens is 228 g/mol. The zero-order valence-electron chi connectivity index (χ0n) is 11.4. The normalized spacial score (nSPS) is 10.4. The predicted molar refractivity (Wildman–Crippen MR) is 72.6 cm³/mol. The molecule has 1 N–H and O–H groups in total. The fraction of sp³-hybridized carbons (Fsp3) is 0.500. The molecule has 0 spiro atoms. The Bertz CT molecular complexity index is 359. The first-order valence-electron chi connectivity index (χ1n) is 6.31. The van der Waals surface area contributed by atoms with Crippen LogP contribution in [0.1, 0.15) is 19.4 Å². The minimum atomic E-state index is 0.0644. The van der Waals surface area contributed by atoms with Crippen LogP contribution in [0.3, 0.4) is 0 Å². The minimum absolute atomic E-state index is 0.0644. The summed E-state index contributed by atoms with van der Waals surface area (Å²) >= 11 is 0. The van der Waals surface area contributed by atoms with Gasteiger partial charge < -0.3 is 10.1 Å². The van der Waals surface area contributed by atoms with Crippen LogP contribution in [0.25, 0.3) is 0 Å². The molecule has 0 bridgehead atoms. The molecule has 0 radical (unpaired) electrons. The topological polar surface area (TPSA) is 41.6 Å². The molecule has 1 rings (SSSR count). The van der Waals surface area contributed by atoms with Gasteiger partial charge in [-0.2, -0.15) is 0 Å². The molecular formula is C14H22N2O2. The zero-order valence-corrected chi connectivity index (χ0v) is 11.4.